The summed E-state index contributed by atoms with van der Waals surface area (Å²) in [4.78, 5) is 20.8. The van der Waals surface area contributed by atoms with Crippen LogP contribution in [-0.4, -0.2) is 89.4 Å². The molecule has 8 N–H and O–H groups in total. The Kier molecular flexibility index (Phi) is 7.02. The molecule has 10 heteroatoms. The average Bonchev–Trinajstić information content (AvgIpc) is 2.49. The van der Waals surface area contributed by atoms with E-state index in [0.29, 0.717) is 0 Å². The summed E-state index contributed by atoms with van der Waals surface area (Å²) in [6.45, 7) is 0. The molecule has 0 aromatic rings. The van der Waals surface area contributed by atoms with Gasteiger partial charge in [0.25, 0.3) is 0 Å². The Morgan fingerprint density at radius 3 is 1.21 bits per heavy atom. The summed E-state index contributed by atoms with van der Waals surface area (Å²) in [6, 6.07) is 0. The monoisotopic (exact) mass is 348 g/mol. The Hall–Kier alpha value is -1.82. The lowest BCUT2D eigenvalue weighted by atomic mass is 9.92. The van der Waals surface area contributed by atoms with E-state index in [2.05, 4.69) is 0 Å². The third kappa shape index (κ3) is 5.09. The first-order valence-electron chi connectivity index (χ1n) is 7.01. The summed E-state index contributed by atoms with van der Waals surface area (Å²) in [6.07, 6.45) is -5.73. The zero-order valence-electron chi connectivity index (χ0n) is 12.4. The van der Waals surface area contributed by atoms with E-state index in [1.165, 1.54) is 0 Å². The SMILES string of the molecule is O=C(O)C1=C[C@@H](O)[C@@H](O)[C@H](O)C1.O=C(O)C1=C[C@@H](O)[C@@H](O)[C@H](O)C1. The van der Waals surface area contributed by atoms with Gasteiger partial charge < -0.3 is 40.9 Å². The minimum Gasteiger partial charge on any atom is -0.478 e. The minimum absolute atomic E-state index is 0.0692. The van der Waals surface area contributed by atoms with Crippen molar-refractivity contribution in [3.63, 3.8) is 0 Å². The molecule has 6 atom stereocenters. The molecule has 0 aromatic carbocycles. The number of aliphatic carboxylic acids is 2. The topological polar surface area (TPSA) is 196 Å². The third-order valence-corrected chi connectivity index (χ3v) is 3.64. The van der Waals surface area contributed by atoms with E-state index in [9.17, 15) is 9.59 Å². The highest BCUT2D eigenvalue weighted by atomic mass is 16.4. The van der Waals surface area contributed by atoms with Gasteiger partial charge in [-0.05, 0) is 12.2 Å². The summed E-state index contributed by atoms with van der Waals surface area (Å²) < 4.78 is 0. The summed E-state index contributed by atoms with van der Waals surface area (Å²) >= 11 is 0. The van der Waals surface area contributed by atoms with Gasteiger partial charge in [0.05, 0.1) is 12.2 Å². The molecular weight excluding hydrogens is 328 g/mol. The molecule has 0 saturated heterocycles. The molecule has 0 radical (unpaired) electrons. The molecule has 10 nitrogen and oxygen atoms in total. The van der Waals surface area contributed by atoms with E-state index in [4.69, 9.17) is 40.9 Å². The molecule has 0 aromatic heterocycles. The Balaban J connectivity index is 0.000000240. The van der Waals surface area contributed by atoms with Crippen molar-refractivity contribution in [3.8, 4) is 0 Å². The van der Waals surface area contributed by atoms with Crippen LogP contribution in [0.1, 0.15) is 12.8 Å². The Morgan fingerprint density at radius 1 is 0.708 bits per heavy atom. The van der Waals surface area contributed by atoms with E-state index in [1.807, 2.05) is 0 Å². The molecule has 136 valence electrons. The van der Waals surface area contributed by atoms with E-state index < -0.39 is 48.6 Å². The number of rotatable bonds is 2. The van der Waals surface area contributed by atoms with Crippen molar-refractivity contribution in [1.29, 1.82) is 0 Å². The molecule has 2 aliphatic carbocycles. The van der Waals surface area contributed by atoms with Gasteiger partial charge in [-0.3, -0.25) is 0 Å². The predicted octanol–water partition coefficient (Wildman–Crippen LogP) is -3.03. The van der Waals surface area contributed by atoms with Crippen LogP contribution in [0.25, 0.3) is 0 Å². The Bertz CT molecular complexity index is 492. The number of carboxylic acid groups (broad SMARTS) is 2. The van der Waals surface area contributed by atoms with Crippen molar-refractivity contribution in [2.75, 3.05) is 0 Å². The van der Waals surface area contributed by atoms with Crippen molar-refractivity contribution >= 4 is 11.9 Å². The normalized spacial score (nSPS) is 35.9. The first-order valence-corrected chi connectivity index (χ1v) is 7.01. The zero-order valence-corrected chi connectivity index (χ0v) is 12.4. The van der Waals surface area contributed by atoms with Gasteiger partial charge in [0.2, 0.25) is 0 Å². The van der Waals surface area contributed by atoms with Crippen molar-refractivity contribution in [2.45, 2.75) is 49.5 Å². The lowest BCUT2D eigenvalue weighted by Gasteiger charge is -2.25. The van der Waals surface area contributed by atoms with Gasteiger partial charge in [-0.1, -0.05) is 0 Å². The molecule has 24 heavy (non-hydrogen) atoms. The number of carbonyl (C=O) groups is 2. The van der Waals surface area contributed by atoms with E-state index >= 15 is 0 Å². The maximum Gasteiger partial charge on any atom is 0.331 e. The van der Waals surface area contributed by atoms with Gasteiger partial charge in [0, 0.05) is 24.0 Å². The largest absolute Gasteiger partial charge is 0.478 e. The van der Waals surface area contributed by atoms with Gasteiger partial charge in [0.15, 0.2) is 0 Å². The molecule has 0 saturated carbocycles. The average molecular weight is 348 g/mol. The van der Waals surface area contributed by atoms with Crippen molar-refractivity contribution in [3.05, 3.63) is 23.3 Å². The lowest BCUT2D eigenvalue weighted by molar-refractivity contribution is -0.135. The third-order valence-electron chi connectivity index (χ3n) is 3.64. The molecule has 0 amide bonds. The fourth-order valence-corrected chi connectivity index (χ4v) is 2.21. The molecule has 2 aliphatic rings. The van der Waals surface area contributed by atoms with Crippen LogP contribution in [0.4, 0.5) is 0 Å². The molecule has 0 aliphatic heterocycles. The zero-order chi connectivity index (χ0) is 18.6. The first-order chi connectivity index (χ1) is 11.0. The highest BCUT2D eigenvalue weighted by Gasteiger charge is 2.32. The standard InChI is InChI=1S/2C7H10O5/c2*8-4-1-3(7(11)12)2-5(9)6(4)10/h2*1,4-6,8-10H,2H2,(H,11,12)/t2*4-,5-,6-/m11/s1. The van der Waals surface area contributed by atoms with Gasteiger partial charge >= 0.3 is 11.9 Å². The minimum atomic E-state index is -1.29. The van der Waals surface area contributed by atoms with Gasteiger partial charge in [0.1, 0.15) is 24.4 Å². The maximum atomic E-state index is 10.4. The molecule has 0 unspecified atom stereocenters. The number of aliphatic hydroxyl groups excluding tert-OH is 6. The van der Waals surface area contributed by atoms with Crippen LogP contribution in [0.3, 0.4) is 0 Å². The van der Waals surface area contributed by atoms with E-state index in [1.54, 1.807) is 0 Å². The van der Waals surface area contributed by atoms with Gasteiger partial charge in [-0.15, -0.1) is 0 Å². The van der Waals surface area contributed by atoms with Crippen LogP contribution in [0.15, 0.2) is 23.3 Å². The smallest absolute Gasteiger partial charge is 0.331 e. The van der Waals surface area contributed by atoms with Crippen molar-refractivity contribution in [2.24, 2.45) is 0 Å². The number of hydrogen-bond acceptors (Lipinski definition) is 8. The first kappa shape index (κ1) is 20.2. The molecule has 2 rings (SSSR count). The highest BCUT2D eigenvalue weighted by molar-refractivity contribution is 5.87. The second kappa shape index (κ2) is 8.33. The number of carboxylic acids is 2. The number of aliphatic hydroxyl groups is 6. The second-order valence-electron chi connectivity index (χ2n) is 5.50. The van der Waals surface area contributed by atoms with Crippen LogP contribution in [-0.2, 0) is 9.59 Å². The summed E-state index contributed by atoms with van der Waals surface area (Å²) in [7, 11) is 0. The summed E-state index contributed by atoms with van der Waals surface area (Å²) in [5, 5.41) is 71.1. The van der Waals surface area contributed by atoms with Gasteiger partial charge in [-0.2, -0.15) is 0 Å². The van der Waals surface area contributed by atoms with Crippen molar-refractivity contribution < 1.29 is 50.4 Å². The second-order valence-corrected chi connectivity index (χ2v) is 5.50. The Morgan fingerprint density at radius 2 is 1.00 bits per heavy atom. The van der Waals surface area contributed by atoms with Crippen LogP contribution in [0.2, 0.25) is 0 Å². The fourth-order valence-electron chi connectivity index (χ4n) is 2.21. The van der Waals surface area contributed by atoms with Crippen LogP contribution in [0.5, 0.6) is 0 Å². The lowest BCUT2D eigenvalue weighted by Crippen LogP contribution is -2.40. The molecule has 0 heterocycles. The molecule has 0 fully saturated rings. The van der Waals surface area contributed by atoms with Crippen LogP contribution in [0, 0.1) is 0 Å². The molecular formula is C14H20O10. The van der Waals surface area contributed by atoms with Crippen molar-refractivity contribution in [1.82, 2.24) is 0 Å². The predicted molar refractivity (Wildman–Crippen MR) is 76.7 cm³/mol. The van der Waals surface area contributed by atoms with E-state index in [-0.39, 0.29) is 24.0 Å². The highest BCUT2D eigenvalue weighted by Crippen LogP contribution is 2.20. The maximum absolute atomic E-state index is 10.4. The van der Waals surface area contributed by atoms with E-state index in [0.717, 1.165) is 12.2 Å². The van der Waals surface area contributed by atoms with Crippen LogP contribution >= 0.6 is 0 Å². The number of hydrogen-bond donors (Lipinski definition) is 8. The summed E-state index contributed by atoms with van der Waals surface area (Å²) in [5.74, 6) is -2.36. The summed E-state index contributed by atoms with van der Waals surface area (Å²) in [5.41, 5.74) is -0.138. The Labute approximate surface area is 136 Å². The van der Waals surface area contributed by atoms with Gasteiger partial charge in [-0.25, -0.2) is 9.59 Å². The van der Waals surface area contributed by atoms with Crippen LogP contribution < -0.4 is 0 Å². The quantitative estimate of drug-likeness (QED) is 0.254. The fraction of sp³-hybridized carbons (Fsp3) is 0.571. The molecule has 0 spiro atoms. The molecule has 0 bridgehead atoms.